The Labute approximate surface area is 174 Å². The molecule has 3 aliphatic heterocycles. The highest BCUT2D eigenvalue weighted by Gasteiger charge is 2.36. The molecule has 1 N–H and O–H groups in total. The topological polar surface area (TPSA) is 74.2 Å². The van der Waals surface area contributed by atoms with Gasteiger partial charge in [0, 0.05) is 62.1 Å². The van der Waals surface area contributed by atoms with Crippen LogP contribution in [-0.2, 0) is 13.1 Å². The predicted molar refractivity (Wildman–Crippen MR) is 110 cm³/mol. The number of nitrogens with zero attached hydrogens (tertiary/aromatic N) is 4. The van der Waals surface area contributed by atoms with Crippen molar-refractivity contribution < 1.29 is 9.18 Å². The van der Waals surface area contributed by atoms with Crippen LogP contribution in [0.4, 0.5) is 4.39 Å². The lowest BCUT2D eigenvalue weighted by Gasteiger charge is -2.43. The van der Waals surface area contributed by atoms with Gasteiger partial charge in [0.15, 0.2) is 0 Å². The van der Waals surface area contributed by atoms with Crippen molar-refractivity contribution >= 4 is 5.91 Å². The van der Waals surface area contributed by atoms with Crippen molar-refractivity contribution in [2.45, 2.75) is 51.4 Å². The molecule has 0 spiro atoms. The Morgan fingerprint density at radius 2 is 2.03 bits per heavy atom. The molecule has 5 heterocycles. The summed E-state index contributed by atoms with van der Waals surface area (Å²) in [6, 6.07) is 3.65. The average Bonchev–Trinajstić information content (AvgIpc) is 3.13. The van der Waals surface area contributed by atoms with E-state index in [4.69, 9.17) is 0 Å². The van der Waals surface area contributed by atoms with E-state index >= 15 is 0 Å². The van der Waals surface area contributed by atoms with Gasteiger partial charge in [-0.05, 0) is 44.2 Å². The Morgan fingerprint density at radius 3 is 2.77 bits per heavy atom. The van der Waals surface area contributed by atoms with Crippen LogP contribution in [0.15, 0.2) is 23.1 Å². The fraction of sp³-hybridized carbons (Fsp3) is 0.591. The molecule has 2 atom stereocenters. The molecular formula is C22H28FN5O2. The lowest BCUT2D eigenvalue weighted by Crippen LogP contribution is -2.48. The van der Waals surface area contributed by atoms with Gasteiger partial charge < -0.3 is 9.47 Å². The van der Waals surface area contributed by atoms with Crippen molar-refractivity contribution in [1.82, 2.24) is 24.6 Å². The van der Waals surface area contributed by atoms with Crippen molar-refractivity contribution in [3.8, 4) is 0 Å². The fourth-order valence-electron chi connectivity index (χ4n) is 5.33. The molecule has 5 rings (SSSR count). The van der Waals surface area contributed by atoms with Gasteiger partial charge in [-0.3, -0.25) is 19.6 Å². The van der Waals surface area contributed by atoms with Crippen LogP contribution in [0.3, 0.4) is 0 Å². The van der Waals surface area contributed by atoms with Crippen LogP contribution in [0, 0.1) is 12.8 Å². The molecular weight excluding hydrogens is 385 g/mol. The first-order chi connectivity index (χ1) is 14.5. The van der Waals surface area contributed by atoms with Crippen LogP contribution >= 0.6 is 0 Å². The van der Waals surface area contributed by atoms with E-state index in [-0.39, 0.29) is 17.0 Å². The molecule has 0 aliphatic carbocycles. The number of amides is 1. The number of fused-ring (bicyclic) bond motifs is 4. The summed E-state index contributed by atoms with van der Waals surface area (Å²) in [7, 11) is 0. The molecule has 0 radical (unpaired) electrons. The number of aryl methyl sites for hydroxylation is 1. The molecule has 160 valence electrons. The van der Waals surface area contributed by atoms with Crippen molar-refractivity contribution in [3.63, 3.8) is 0 Å². The van der Waals surface area contributed by atoms with Gasteiger partial charge in [0.1, 0.15) is 11.7 Å². The summed E-state index contributed by atoms with van der Waals surface area (Å²) in [4.78, 5) is 30.2. The van der Waals surface area contributed by atoms with E-state index in [1.165, 1.54) is 5.56 Å². The summed E-state index contributed by atoms with van der Waals surface area (Å²) in [5, 5.41) is 7.12. The number of halogens is 1. The quantitative estimate of drug-likeness (QED) is 0.836. The summed E-state index contributed by atoms with van der Waals surface area (Å²) in [6.07, 6.45) is 2.84. The lowest BCUT2D eigenvalue weighted by atomic mass is 9.82. The van der Waals surface area contributed by atoms with Gasteiger partial charge in [-0.15, -0.1) is 0 Å². The Balaban J connectivity index is 1.36. The van der Waals surface area contributed by atoms with E-state index in [2.05, 4.69) is 15.1 Å². The van der Waals surface area contributed by atoms with Gasteiger partial charge in [-0.25, -0.2) is 4.39 Å². The molecule has 1 amide bonds. The maximum atomic E-state index is 13.4. The molecule has 7 nitrogen and oxygen atoms in total. The van der Waals surface area contributed by atoms with Gasteiger partial charge in [0.2, 0.25) is 0 Å². The highest BCUT2D eigenvalue weighted by Crippen LogP contribution is 2.35. The predicted octanol–water partition coefficient (Wildman–Crippen LogP) is 2.07. The summed E-state index contributed by atoms with van der Waals surface area (Å²) in [5.41, 5.74) is 3.38. The minimum Gasteiger partial charge on any atom is -0.338 e. The van der Waals surface area contributed by atoms with Gasteiger partial charge in [-0.2, -0.15) is 5.10 Å². The zero-order valence-corrected chi connectivity index (χ0v) is 17.3. The lowest BCUT2D eigenvalue weighted by molar-refractivity contribution is 0.0662. The number of piperidine rings is 2. The molecule has 8 heteroatoms. The monoisotopic (exact) mass is 413 g/mol. The van der Waals surface area contributed by atoms with Crippen molar-refractivity contribution in [3.05, 3.63) is 51.2 Å². The molecule has 2 aromatic rings. The van der Waals surface area contributed by atoms with E-state index in [0.717, 1.165) is 37.4 Å². The number of nitrogens with one attached hydrogen (secondary N) is 1. The van der Waals surface area contributed by atoms with Crippen LogP contribution in [0.25, 0.3) is 0 Å². The van der Waals surface area contributed by atoms with Gasteiger partial charge in [-0.1, -0.05) is 0 Å². The largest absolute Gasteiger partial charge is 0.338 e. The first-order valence-corrected chi connectivity index (χ1v) is 10.9. The number of aromatic nitrogens is 3. The molecule has 0 aromatic carbocycles. The first-order valence-electron chi connectivity index (χ1n) is 10.9. The molecule has 0 unspecified atom stereocenters. The van der Waals surface area contributed by atoms with E-state index in [1.54, 1.807) is 11.0 Å². The van der Waals surface area contributed by atoms with Crippen LogP contribution in [0.5, 0.6) is 0 Å². The third-order valence-corrected chi connectivity index (χ3v) is 6.95. The summed E-state index contributed by atoms with van der Waals surface area (Å²) < 4.78 is 15.2. The SMILES string of the molecule is Cc1[nH]ncc1CN1C[C@@H]2C[C@H](C1)c1ccc(C(=O)N3CCC(F)CC3)c(=O)n1C2. The van der Waals surface area contributed by atoms with Gasteiger partial charge in [0.05, 0.1) is 6.20 Å². The Bertz CT molecular complexity index is 1010. The van der Waals surface area contributed by atoms with E-state index in [1.807, 2.05) is 23.8 Å². The van der Waals surface area contributed by atoms with Crippen LogP contribution in [0.2, 0.25) is 0 Å². The molecule has 2 fully saturated rings. The summed E-state index contributed by atoms with van der Waals surface area (Å²) in [6.45, 7) is 6.16. The number of H-pyrrole nitrogens is 1. The molecule has 30 heavy (non-hydrogen) atoms. The number of rotatable bonds is 3. The maximum Gasteiger partial charge on any atom is 0.263 e. The molecule has 2 saturated heterocycles. The second-order valence-corrected chi connectivity index (χ2v) is 9.07. The number of hydrogen-bond acceptors (Lipinski definition) is 4. The van der Waals surface area contributed by atoms with Crippen LogP contribution in [-0.4, -0.2) is 62.8 Å². The number of carbonyl (C=O) groups is 1. The summed E-state index contributed by atoms with van der Waals surface area (Å²) >= 11 is 0. The minimum absolute atomic E-state index is 0.186. The average molecular weight is 413 g/mol. The number of aromatic amines is 1. The highest BCUT2D eigenvalue weighted by molar-refractivity contribution is 5.94. The summed E-state index contributed by atoms with van der Waals surface area (Å²) in [5.74, 6) is 0.438. The molecule has 2 aromatic heterocycles. The number of likely N-dealkylation sites (tertiary alicyclic amines) is 2. The van der Waals surface area contributed by atoms with Gasteiger partial charge in [0.25, 0.3) is 11.5 Å². The highest BCUT2D eigenvalue weighted by atomic mass is 19.1. The van der Waals surface area contributed by atoms with E-state index in [0.29, 0.717) is 44.3 Å². The standard InChI is InChI=1S/C22H28FN5O2/c1-14-17(9-24-25-14)13-26-10-15-8-16(12-26)20-3-2-19(22(30)28(20)11-15)21(29)27-6-4-18(23)5-7-27/h2-3,9,15-16,18H,4-8,10-13H2,1H3,(H,24,25)/t15-,16+/m0/s1. The third kappa shape index (κ3) is 3.47. The van der Waals surface area contributed by atoms with Crippen molar-refractivity contribution in [2.24, 2.45) is 5.92 Å². The second kappa shape index (κ2) is 7.65. The fourth-order valence-corrected chi connectivity index (χ4v) is 5.33. The third-order valence-electron chi connectivity index (χ3n) is 6.95. The molecule has 0 saturated carbocycles. The zero-order valence-electron chi connectivity index (χ0n) is 17.3. The van der Waals surface area contributed by atoms with E-state index in [9.17, 15) is 14.0 Å². The maximum absolute atomic E-state index is 13.4. The Hall–Kier alpha value is -2.48. The number of alkyl halides is 1. The number of hydrogen-bond donors (Lipinski definition) is 1. The van der Waals surface area contributed by atoms with Crippen molar-refractivity contribution in [2.75, 3.05) is 26.2 Å². The Morgan fingerprint density at radius 1 is 1.23 bits per heavy atom. The smallest absolute Gasteiger partial charge is 0.263 e. The van der Waals surface area contributed by atoms with Crippen LogP contribution < -0.4 is 5.56 Å². The molecule has 3 aliphatic rings. The number of carbonyl (C=O) groups excluding carboxylic acids is 1. The second-order valence-electron chi connectivity index (χ2n) is 9.07. The van der Waals surface area contributed by atoms with Gasteiger partial charge >= 0.3 is 0 Å². The van der Waals surface area contributed by atoms with E-state index < -0.39 is 6.17 Å². The number of pyridine rings is 1. The zero-order chi connectivity index (χ0) is 20.8. The minimum atomic E-state index is -0.841. The van der Waals surface area contributed by atoms with Crippen molar-refractivity contribution in [1.29, 1.82) is 0 Å². The first kappa shape index (κ1) is 19.5. The normalized spacial score (nSPS) is 24.7. The Kier molecular flexibility index (Phi) is 4.97. The molecule has 2 bridgehead atoms. The van der Waals surface area contributed by atoms with Crippen LogP contribution in [0.1, 0.15) is 52.5 Å².